The Hall–Kier alpha value is -1.51. The van der Waals surface area contributed by atoms with Gasteiger partial charge in [0.2, 0.25) is 11.9 Å². The molecule has 8 nitrogen and oxygen atoms in total. The Morgan fingerprint density at radius 3 is 1.48 bits per heavy atom. The van der Waals surface area contributed by atoms with Crippen LogP contribution in [0.2, 0.25) is 0 Å². The normalized spacial score (nSPS) is 21.4. The molecular weight excluding hydrogens is 665 g/mol. The largest absolute Gasteiger partial charge is 0.349 e. The number of aromatic nitrogens is 3. The maximum absolute atomic E-state index is 5.55. The molecule has 0 aliphatic carbocycles. The van der Waals surface area contributed by atoms with Crippen LogP contribution in [0.15, 0.2) is 0 Å². The maximum Gasteiger partial charge on any atom is 0.231 e. The van der Waals surface area contributed by atoms with Gasteiger partial charge < -0.3 is 20.9 Å². The number of rotatable bonds is 16. The van der Waals surface area contributed by atoms with Crippen molar-refractivity contribution in [2.75, 3.05) is 16.8 Å². The van der Waals surface area contributed by atoms with Gasteiger partial charge in [0.15, 0.2) is 0 Å². The van der Waals surface area contributed by atoms with Crippen molar-refractivity contribution < 1.29 is 0 Å². The molecule has 0 aromatic carbocycles. The number of nitrogens with one attached hydrogen (secondary N) is 3. The number of hydrogen-bond donors (Lipinski definition) is 3. The number of hydrogen-bond acceptors (Lipinski definition) is 8. The summed E-state index contributed by atoms with van der Waals surface area (Å²) in [5, 5.41) is 11.8. The lowest BCUT2D eigenvalue weighted by Crippen LogP contribution is -2.66. The van der Waals surface area contributed by atoms with Gasteiger partial charge in [-0.2, -0.15) is 15.0 Å². The highest BCUT2D eigenvalue weighted by molar-refractivity contribution is 5.44. The van der Waals surface area contributed by atoms with Crippen LogP contribution in [0.3, 0.4) is 0 Å². The summed E-state index contributed by atoms with van der Waals surface area (Å²) in [4.78, 5) is 21.9. The lowest BCUT2D eigenvalue weighted by molar-refractivity contribution is -0.0115. The first-order valence-electron chi connectivity index (χ1n) is 21.9. The molecule has 2 aliphatic heterocycles. The smallest absolute Gasteiger partial charge is 0.231 e. The molecule has 0 amide bonds. The fourth-order valence-electron chi connectivity index (χ4n) is 11.0. The van der Waals surface area contributed by atoms with Crippen molar-refractivity contribution >= 4 is 11.9 Å². The van der Waals surface area contributed by atoms with Gasteiger partial charge in [-0.05, 0) is 160 Å². The summed E-state index contributed by atoms with van der Waals surface area (Å²) in [7, 11) is 0. The van der Waals surface area contributed by atoms with Gasteiger partial charge in [0.25, 0.3) is 0 Å². The minimum absolute atomic E-state index is 0.0327. The third-order valence-electron chi connectivity index (χ3n) is 13.3. The molecule has 3 rings (SSSR count). The van der Waals surface area contributed by atoms with Crippen molar-refractivity contribution in [2.45, 2.75) is 266 Å². The van der Waals surface area contributed by atoms with Crippen LogP contribution < -0.4 is 20.9 Å². The topological polar surface area (TPSA) is 81.2 Å². The van der Waals surface area contributed by atoms with Crippen molar-refractivity contribution in [3.8, 4) is 0 Å². The first kappa shape index (κ1) is 46.9. The summed E-state index contributed by atoms with van der Waals surface area (Å²) >= 11 is 0. The van der Waals surface area contributed by atoms with Crippen LogP contribution in [-0.2, 0) is 5.41 Å². The highest BCUT2D eigenvalue weighted by Crippen LogP contribution is 2.42. The molecule has 2 fully saturated rings. The quantitative estimate of drug-likeness (QED) is 0.154. The summed E-state index contributed by atoms with van der Waals surface area (Å²) < 4.78 is 0. The van der Waals surface area contributed by atoms with Crippen molar-refractivity contribution in [3.05, 3.63) is 5.82 Å². The Kier molecular flexibility index (Phi) is 13.9. The van der Waals surface area contributed by atoms with E-state index in [1.165, 1.54) is 0 Å². The van der Waals surface area contributed by atoms with Crippen LogP contribution in [-0.4, -0.2) is 77.3 Å². The maximum atomic E-state index is 5.55. The number of piperidine rings is 2. The van der Waals surface area contributed by atoms with Gasteiger partial charge >= 0.3 is 0 Å². The first-order chi connectivity index (χ1) is 24.3. The van der Waals surface area contributed by atoms with E-state index in [0.717, 1.165) is 82.5 Å². The van der Waals surface area contributed by atoms with Gasteiger partial charge in [-0.15, -0.1) is 0 Å². The molecule has 0 unspecified atom stereocenters. The highest BCUT2D eigenvalue weighted by Gasteiger charge is 2.48. The van der Waals surface area contributed by atoms with E-state index in [2.05, 4.69) is 171 Å². The average Bonchev–Trinajstić information content (AvgIpc) is 2.95. The number of nitrogens with zero attached hydrogens (tertiary/aromatic N) is 5. The van der Waals surface area contributed by atoms with Crippen molar-refractivity contribution in [1.29, 1.82) is 0 Å². The zero-order chi connectivity index (χ0) is 41.6. The van der Waals surface area contributed by atoms with Crippen LogP contribution in [0.1, 0.15) is 215 Å². The summed E-state index contributed by atoms with van der Waals surface area (Å²) in [6, 6.07) is 0.752. The molecule has 1 aromatic rings. The molecule has 1 aromatic heterocycles. The van der Waals surface area contributed by atoms with Gasteiger partial charge in [-0.25, -0.2) is 0 Å². The lowest BCUT2D eigenvalue weighted by atomic mass is 9.76. The average molecular weight is 755 g/mol. The third-order valence-corrected chi connectivity index (χ3v) is 13.3. The van der Waals surface area contributed by atoms with Gasteiger partial charge in [-0.1, -0.05) is 55.4 Å². The summed E-state index contributed by atoms with van der Waals surface area (Å²) in [5.41, 5.74) is -0.206. The second-order valence-electron chi connectivity index (χ2n) is 23.5. The molecule has 0 radical (unpaired) electrons. The molecular formula is C46H90N8. The Bertz CT molecular complexity index is 1340. The monoisotopic (exact) mass is 755 g/mol. The van der Waals surface area contributed by atoms with E-state index in [4.69, 9.17) is 15.0 Å². The SMILES string of the molecule is CCC(C)(CC)c1nc(NC(C)(C)CC(C)(C)C)nc(N(C2CC(C)(C)NC(C)(C)C2)C(C)(C)CCN(C2CC(C)(C)NC(C)(C)C2)C(C)(CC)CC)n1. The van der Waals surface area contributed by atoms with Crippen molar-refractivity contribution in [2.24, 2.45) is 5.41 Å². The molecule has 2 aliphatic rings. The molecule has 0 bridgehead atoms. The van der Waals surface area contributed by atoms with E-state index in [9.17, 15) is 0 Å². The predicted molar refractivity (Wildman–Crippen MR) is 235 cm³/mol. The third kappa shape index (κ3) is 12.0. The van der Waals surface area contributed by atoms with E-state index < -0.39 is 0 Å². The Labute approximate surface area is 335 Å². The van der Waals surface area contributed by atoms with Gasteiger partial charge in [0.1, 0.15) is 5.82 Å². The summed E-state index contributed by atoms with van der Waals surface area (Å²) in [6.07, 6.45) is 10.5. The molecule has 0 atom stereocenters. The highest BCUT2D eigenvalue weighted by atomic mass is 15.4. The minimum Gasteiger partial charge on any atom is -0.349 e. The van der Waals surface area contributed by atoms with Crippen molar-refractivity contribution in [3.63, 3.8) is 0 Å². The van der Waals surface area contributed by atoms with E-state index >= 15 is 0 Å². The van der Waals surface area contributed by atoms with Crippen molar-refractivity contribution in [1.82, 2.24) is 30.5 Å². The second kappa shape index (κ2) is 16.0. The lowest BCUT2D eigenvalue weighted by Gasteiger charge is -2.56. The molecule has 3 heterocycles. The Morgan fingerprint density at radius 1 is 0.630 bits per heavy atom. The number of anilines is 2. The van der Waals surface area contributed by atoms with E-state index in [1.807, 2.05) is 0 Å². The summed E-state index contributed by atoms with van der Waals surface area (Å²) in [5.74, 6) is 2.44. The van der Waals surface area contributed by atoms with Crippen LogP contribution in [0.5, 0.6) is 0 Å². The molecule has 3 N–H and O–H groups in total. The Morgan fingerprint density at radius 2 is 1.07 bits per heavy atom. The van der Waals surface area contributed by atoms with E-state index in [-0.39, 0.29) is 55.6 Å². The molecule has 0 spiro atoms. The molecule has 0 saturated carbocycles. The van der Waals surface area contributed by atoms with Gasteiger partial charge in [-0.3, -0.25) is 4.90 Å². The van der Waals surface area contributed by atoms with Crippen LogP contribution in [0, 0.1) is 5.41 Å². The fourth-order valence-corrected chi connectivity index (χ4v) is 11.0. The van der Waals surface area contributed by atoms with Gasteiger partial charge in [0, 0.05) is 62.8 Å². The fraction of sp³-hybridized carbons (Fsp3) is 0.935. The van der Waals surface area contributed by atoms with Crippen LogP contribution in [0.4, 0.5) is 11.9 Å². The van der Waals surface area contributed by atoms with Gasteiger partial charge in [0.05, 0.1) is 0 Å². The second-order valence-corrected chi connectivity index (χ2v) is 23.5. The zero-order valence-corrected chi connectivity index (χ0v) is 39.7. The van der Waals surface area contributed by atoms with E-state index in [1.54, 1.807) is 0 Å². The standard InChI is InChI=1S/C46H90N8/c1-22-45(20,23-2)35-47-36(50-43(16,17)32-38(5,6)7)49-37(48-35)54(34-30-41(12,13)52-42(14,15)31-34)44(18,19)26-27-53(46(21,24-3)25-4)33-28-39(8,9)51-40(10,11)29-33/h33-34,51-52H,22-32H2,1-21H3,(H,47,48,49,50). The van der Waals surface area contributed by atoms with E-state index in [0.29, 0.717) is 12.0 Å². The Balaban J connectivity index is 2.25. The first-order valence-corrected chi connectivity index (χ1v) is 21.9. The zero-order valence-electron chi connectivity index (χ0n) is 39.7. The minimum atomic E-state index is -0.238. The summed E-state index contributed by atoms with van der Waals surface area (Å²) in [6.45, 7) is 50.7. The molecule has 314 valence electrons. The molecule has 8 heteroatoms. The van der Waals surface area contributed by atoms with Crippen LogP contribution >= 0.6 is 0 Å². The van der Waals surface area contributed by atoms with Crippen LogP contribution in [0.25, 0.3) is 0 Å². The predicted octanol–water partition coefficient (Wildman–Crippen LogP) is 11.1. The molecule has 2 saturated heterocycles. The molecule has 54 heavy (non-hydrogen) atoms.